The molecule has 0 atom stereocenters. The topological polar surface area (TPSA) is 30.5 Å². The number of ether oxygens (including phenoxy) is 2. The lowest BCUT2D eigenvalue weighted by Crippen LogP contribution is -2.01. The molecule has 3 nitrogen and oxygen atoms in total. The fourth-order valence-electron chi connectivity index (χ4n) is 1.95. The van der Waals surface area contributed by atoms with E-state index >= 15 is 0 Å². The molecule has 1 aliphatic heterocycles. The minimum absolute atomic E-state index is 0.173. The first-order valence-electron chi connectivity index (χ1n) is 5.90. The van der Waals surface area contributed by atoms with E-state index in [1.807, 2.05) is 6.07 Å². The van der Waals surface area contributed by atoms with Crippen molar-refractivity contribution in [3.05, 3.63) is 51.2 Å². The van der Waals surface area contributed by atoms with Gasteiger partial charge in [0.1, 0.15) is 5.82 Å². The van der Waals surface area contributed by atoms with Crippen LogP contribution in [-0.2, 0) is 6.54 Å². The lowest BCUT2D eigenvalue weighted by atomic mass is 10.2. The Bertz CT molecular complexity index is 666. The Kier molecular flexibility index (Phi) is 3.72. The van der Waals surface area contributed by atoms with Crippen LogP contribution in [0.5, 0.6) is 11.5 Å². The molecule has 1 heterocycles. The molecule has 0 unspecified atom stereocenters. The Balaban J connectivity index is 1.79. The van der Waals surface area contributed by atoms with Crippen LogP contribution in [0.2, 0.25) is 5.02 Å². The van der Waals surface area contributed by atoms with E-state index in [1.54, 1.807) is 18.2 Å². The summed E-state index contributed by atoms with van der Waals surface area (Å²) >= 11 is 9.41. The Hall–Kier alpha value is -1.46. The zero-order valence-corrected chi connectivity index (χ0v) is 12.6. The molecule has 0 amide bonds. The predicted octanol–water partition coefficient (Wildman–Crippen LogP) is 4.58. The van der Waals surface area contributed by atoms with Crippen LogP contribution in [0.3, 0.4) is 0 Å². The van der Waals surface area contributed by atoms with Gasteiger partial charge in [0.15, 0.2) is 11.5 Å². The summed E-state index contributed by atoms with van der Waals surface area (Å²) in [5.74, 6) is 0.869. The van der Waals surface area contributed by atoms with Crippen molar-refractivity contribution in [2.75, 3.05) is 12.1 Å². The molecule has 0 aliphatic carbocycles. The van der Waals surface area contributed by atoms with Gasteiger partial charge in [0.2, 0.25) is 6.79 Å². The summed E-state index contributed by atoms with van der Waals surface area (Å²) in [5, 5.41) is 3.52. The highest BCUT2D eigenvalue weighted by molar-refractivity contribution is 9.10. The van der Waals surface area contributed by atoms with Gasteiger partial charge in [-0.05, 0) is 35.9 Å². The molecule has 1 aliphatic rings. The maximum Gasteiger partial charge on any atom is 0.231 e. The van der Waals surface area contributed by atoms with Gasteiger partial charge in [-0.1, -0.05) is 27.5 Å². The summed E-state index contributed by atoms with van der Waals surface area (Å²) < 4.78 is 25.0. The molecule has 2 aromatic carbocycles. The molecule has 6 heteroatoms. The minimum Gasteiger partial charge on any atom is -0.454 e. The number of benzene rings is 2. The molecule has 0 saturated carbocycles. The van der Waals surface area contributed by atoms with Crippen molar-refractivity contribution in [1.29, 1.82) is 0 Å². The van der Waals surface area contributed by atoms with Gasteiger partial charge >= 0.3 is 0 Å². The lowest BCUT2D eigenvalue weighted by molar-refractivity contribution is 0.174. The van der Waals surface area contributed by atoms with E-state index in [0.29, 0.717) is 28.8 Å². The van der Waals surface area contributed by atoms with Crippen LogP contribution in [0.15, 0.2) is 34.8 Å². The van der Waals surface area contributed by atoms with E-state index in [1.165, 1.54) is 6.07 Å². The van der Waals surface area contributed by atoms with Crippen LogP contribution in [0.4, 0.5) is 10.1 Å². The zero-order chi connectivity index (χ0) is 14.1. The first kappa shape index (κ1) is 13.5. The first-order valence-corrected chi connectivity index (χ1v) is 7.07. The molecule has 0 saturated heterocycles. The van der Waals surface area contributed by atoms with Crippen molar-refractivity contribution in [3.63, 3.8) is 0 Å². The largest absolute Gasteiger partial charge is 0.454 e. The van der Waals surface area contributed by atoms with Gasteiger partial charge < -0.3 is 14.8 Å². The molecule has 0 aromatic heterocycles. The van der Waals surface area contributed by atoms with Gasteiger partial charge in [0, 0.05) is 11.0 Å². The standard InChI is InChI=1S/C14H10BrClFNO2/c15-9-1-2-11(17)12(5-9)18-6-8-3-10(16)14-13(4-8)19-7-20-14/h1-5,18H,6-7H2. The summed E-state index contributed by atoms with van der Waals surface area (Å²) in [6, 6.07) is 8.34. The highest BCUT2D eigenvalue weighted by atomic mass is 79.9. The normalized spacial score (nSPS) is 12.6. The van der Waals surface area contributed by atoms with E-state index in [4.69, 9.17) is 21.1 Å². The fourth-order valence-corrected chi connectivity index (χ4v) is 2.60. The Morgan fingerprint density at radius 3 is 2.95 bits per heavy atom. The summed E-state index contributed by atoms with van der Waals surface area (Å²) in [5.41, 5.74) is 1.31. The smallest absolute Gasteiger partial charge is 0.231 e. The summed E-state index contributed by atoms with van der Waals surface area (Å²) in [6.07, 6.45) is 0. The average molecular weight is 359 g/mol. The number of hydrogen-bond donors (Lipinski definition) is 1. The number of halogens is 3. The predicted molar refractivity (Wildman–Crippen MR) is 79.0 cm³/mol. The van der Waals surface area contributed by atoms with Crippen LogP contribution in [0, 0.1) is 5.82 Å². The second-order valence-electron chi connectivity index (χ2n) is 4.29. The third kappa shape index (κ3) is 2.69. The highest BCUT2D eigenvalue weighted by Gasteiger charge is 2.18. The second kappa shape index (κ2) is 5.50. The molecule has 20 heavy (non-hydrogen) atoms. The number of fused-ring (bicyclic) bond motifs is 1. The summed E-state index contributed by atoms with van der Waals surface area (Å²) in [4.78, 5) is 0. The van der Waals surface area contributed by atoms with Crippen molar-refractivity contribution in [2.24, 2.45) is 0 Å². The number of rotatable bonds is 3. The fraction of sp³-hybridized carbons (Fsp3) is 0.143. The molecule has 2 aromatic rings. The summed E-state index contributed by atoms with van der Waals surface area (Å²) in [7, 11) is 0. The van der Waals surface area contributed by atoms with Crippen molar-refractivity contribution in [1.82, 2.24) is 0 Å². The van der Waals surface area contributed by atoms with Gasteiger partial charge in [-0.15, -0.1) is 0 Å². The van der Waals surface area contributed by atoms with E-state index in [-0.39, 0.29) is 12.6 Å². The van der Waals surface area contributed by atoms with E-state index < -0.39 is 0 Å². The molecule has 0 spiro atoms. The van der Waals surface area contributed by atoms with Crippen LogP contribution in [-0.4, -0.2) is 6.79 Å². The SMILES string of the molecule is Fc1ccc(Br)cc1NCc1cc(Cl)c2c(c1)OCO2. The van der Waals surface area contributed by atoms with Gasteiger partial charge in [0.25, 0.3) is 0 Å². The second-order valence-corrected chi connectivity index (χ2v) is 5.61. The molecule has 104 valence electrons. The van der Waals surface area contributed by atoms with E-state index in [0.717, 1.165) is 10.0 Å². The Labute approximate surface area is 128 Å². The van der Waals surface area contributed by atoms with Crippen LogP contribution >= 0.6 is 27.5 Å². The first-order chi connectivity index (χ1) is 9.63. The maximum absolute atomic E-state index is 13.6. The Morgan fingerprint density at radius 2 is 2.10 bits per heavy atom. The van der Waals surface area contributed by atoms with Gasteiger partial charge in [-0.2, -0.15) is 0 Å². The molecule has 0 bridgehead atoms. The Morgan fingerprint density at radius 1 is 1.25 bits per heavy atom. The molecular formula is C14H10BrClFNO2. The van der Waals surface area contributed by atoms with Crippen LogP contribution in [0.25, 0.3) is 0 Å². The van der Waals surface area contributed by atoms with E-state index in [9.17, 15) is 4.39 Å². The molecule has 1 N–H and O–H groups in total. The van der Waals surface area contributed by atoms with Crippen molar-refractivity contribution in [3.8, 4) is 11.5 Å². The quantitative estimate of drug-likeness (QED) is 0.871. The number of anilines is 1. The third-order valence-corrected chi connectivity index (χ3v) is 3.67. The minimum atomic E-state index is -0.306. The monoisotopic (exact) mass is 357 g/mol. The lowest BCUT2D eigenvalue weighted by Gasteiger charge is -2.09. The van der Waals surface area contributed by atoms with E-state index in [2.05, 4.69) is 21.2 Å². The van der Waals surface area contributed by atoms with Gasteiger partial charge in [0.05, 0.1) is 10.7 Å². The number of nitrogens with one attached hydrogen (secondary N) is 1. The summed E-state index contributed by atoms with van der Waals surface area (Å²) in [6.45, 7) is 0.607. The number of hydrogen-bond acceptors (Lipinski definition) is 3. The van der Waals surface area contributed by atoms with Gasteiger partial charge in [-0.25, -0.2) is 4.39 Å². The van der Waals surface area contributed by atoms with Gasteiger partial charge in [-0.3, -0.25) is 0 Å². The van der Waals surface area contributed by atoms with Crippen molar-refractivity contribution >= 4 is 33.2 Å². The maximum atomic E-state index is 13.6. The molecule has 0 radical (unpaired) electrons. The molecule has 3 rings (SSSR count). The average Bonchev–Trinajstić information content (AvgIpc) is 2.89. The molecular weight excluding hydrogens is 349 g/mol. The molecule has 0 fully saturated rings. The van der Waals surface area contributed by atoms with Crippen molar-refractivity contribution in [2.45, 2.75) is 6.54 Å². The van der Waals surface area contributed by atoms with Crippen molar-refractivity contribution < 1.29 is 13.9 Å². The van der Waals surface area contributed by atoms with Crippen LogP contribution < -0.4 is 14.8 Å². The highest BCUT2D eigenvalue weighted by Crippen LogP contribution is 2.39. The zero-order valence-electron chi connectivity index (χ0n) is 10.3. The third-order valence-electron chi connectivity index (χ3n) is 2.90. The van der Waals surface area contributed by atoms with Crippen LogP contribution in [0.1, 0.15) is 5.56 Å².